The average molecular weight is 292 g/mol. The third kappa shape index (κ3) is 2.16. The fraction of sp³-hybridized carbons (Fsp3) is 0.250. The maximum atomic E-state index is 12.4. The second kappa shape index (κ2) is 4.84. The molecule has 3 rings (SSSR count). The Morgan fingerprint density at radius 3 is 1.55 bits per heavy atom. The van der Waals surface area contributed by atoms with Crippen LogP contribution in [0.3, 0.4) is 0 Å². The van der Waals surface area contributed by atoms with Crippen molar-refractivity contribution >= 4 is 0 Å². The van der Waals surface area contributed by atoms with Gasteiger partial charge in [-0.2, -0.15) is 0 Å². The van der Waals surface area contributed by atoms with Crippen LogP contribution >= 0.6 is 0 Å². The average Bonchev–Trinajstić information content (AvgIpc) is 2.98. The van der Waals surface area contributed by atoms with Gasteiger partial charge in [-0.3, -0.25) is 4.79 Å². The summed E-state index contributed by atoms with van der Waals surface area (Å²) < 4.78 is 0. The molecule has 0 heterocycles. The predicted molar refractivity (Wildman–Crippen MR) is 91.3 cm³/mol. The Labute approximate surface area is 130 Å². The molecule has 3 aromatic rings. The Morgan fingerprint density at radius 2 is 1.05 bits per heavy atom. The molecule has 0 aliphatic heterocycles. The molecular weight excluding hydrogens is 272 g/mol. The number of phenols is 1. The summed E-state index contributed by atoms with van der Waals surface area (Å²) in [4.78, 5) is 12.4. The van der Waals surface area contributed by atoms with Crippen LogP contribution in [0.1, 0.15) is 27.8 Å². The molecule has 0 aromatic heterocycles. The van der Waals surface area contributed by atoms with Crippen molar-refractivity contribution in [1.29, 1.82) is 0 Å². The van der Waals surface area contributed by atoms with Crippen LogP contribution in [-0.4, -0.2) is 5.11 Å². The van der Waals surface area contributed by atoms with Crippen molar-refractivity contribution in [1.82, 2.24) is 0 Å². The lowest BCUT2D eigenvalue weighted by molar-refractivity contribution is 0.476. The number of hydrogen-bond donors (Lipinski definition) is 1. The highest BCUT2D eigenvalue weighted by Crippen LogP contribution is 2.43. The summed E-state index contributed by atoms with van der Waals surface area (Å²) >= 11 is 0. The lowest BCUT2D eigenvalue weighted by Gasteiger charge is -2.09. The first kappa shape index (κ1) is 14.6. The van der Waals surface area contributed by atoms with Gasteiger partial charge < -0.3 is 5.11 Å². The van der Waals surface area contributed by atoms with Crippen molar-refractivity contribution in [3.8, 4) is 28.0 Å². The van der Waals surface area contributed by atoms with Gasteiger partial charge >= 0.3 is 0 Å². The molecule has 112 valence electrons. The summed E-state index contributed by atoms with van der Waals surface area (Å²) in [5, 5.41) is 10.3. The largest absolute Gasteiger partial charge is 0.507 e. The van der Waals surface area contributed by atoms with Crippen LogP contribution in [0, 0.1) is 34.6 Å². The molecule has 1 N–H and O–H groups in total. The van der Waals surface area contributed by atoms with E-state index in [9.17, 15) is 9.90 Å². The Balaban J connectivity index is 2.20. The van der Waals surface area contributed by atoms with Crippen molar-refractivity contribution in [2.75, 3.05) is 0 Å². The van der Waals surface area contributed by atoms with Gasteiger partial charge in [-0.05, 0) is 68.5 Å². The number of aryl methyl sites for hydroxylation is 5. The van der Waals surface area contributed by atoms with Crippen LogP contribution in [0.15, 0.2) is 29.1 Å². The summed E-state index contributed by atoms with van der Waals surface area (Å²) in [6.07, 6.45) is 0. The SMILES string of the molecule is Cc1cc(C)c(-c2c(-c3c(C)cc(C)cc3O)c2=O)c(C)c1. The molecule has 0 unspecified atom stereocenters. The summed E-state index contributed by atoms with van der Waals surface area (Å²) in [5.74, 6) is 0.193. The standard InChI is InChI=1S/C20H20O2/c1-10-6-12(3)16(13(4)7-10)18-19(20(18)22)17-14(5)8-11(2)9-15(17)21/h6-9,21H,1-5H3. The molecular formula is C20H20O2. The molecule has 0 bridgehead atoms. The highest BCUT2D eigenvalue weighted by atomic mass is 16.3. The van der Waals surface area contributed by atoms with Crippen molar-refractivity contribution in [2.45, 2.75) is 34.6 Å². The van der Waals surface area contributed by atoms with Gasteiger partial charge in [0.15, 0.2) is 5.43 Å². The molecule has 0 aliphatic carbocycles. The molecule has 3 aromatic carbocycles. The third-order valence-corrected chi connectivity index (χ3v) is 4.28. The lowest BCUT2D eigenvalue weighted by Crippen LogP contribution is -1.88. The highest BCUT2D eigenvalue weighted by molar-refractivity contribution is 5.98. The molecule has 0 radical (unpaired) electrons. The number of aromatic hydroxyl groups is 1. The smallest absolute Gasteiger partial charge is 0.195 e. The number of benzene rings is 2. The summed E-state index contributed by atoms with van der Waals surface area (Å²) in [7, 11) is 0. The zero-order valence-corrected chi connectivity index (χ0v) is 13.7. The normalized spacial score (nSPS) is 11.3. The molecule has 2 nitrogen and oxygen atoms in total. The van der Waals surface area contributed by atoms with Gasteiger partial charge in [-0.25, -0.2) is 0 Å². The molecule has 0 amide bonds. The van der Waals surface area contributed by atoms with E-state index in [0.717, 1.165) is 33.4 Å². The minimum Gasteiger partial charge on any atom is -0.507 e. The van der Waals surface area contributed by atoms with Crippen LogP contribution in [0.4, 0.5) is 0 Å². The second-order valence-electron chi connectivity index (χ2n) is 6.33. The van der Waals surface area contributed by atoms with Gasteiger partial charge in [-0.1, -0.05) is 23.8 Å². The highest BCUT2D eigenvalue weighted by Gasteiger charge is 2.30. The Bertz CT molecular complexity index is 787. The summed E-state index contributed by atoms with van der Waals surface area (Å²) in [6, 6.07) is 7.91. The summed E-state index contributed by atoms with van der Waals surface area (Å²) in [6.45, 7) is 10.0. The summed E-state index contributed by atoms with van der Waals surface area (Å²) in [5.41, 5.74) is 8.55. The maximum absolute atomic E-state index is 12.4. The van der Waals surface area contributed by atoms with E-state index in [1.165, 1.54) is 5.56 Å². The van der Waals surface area contributed by atoms with Gasteiger partial charge in [0.2, 0.25) is 0 Å². The van der Waals surface area contributed by atoms with Crippen LogP contribution in [0.5, 0.6) is 5.75 Å². The molecule has 2 heteroatoms. The topological polar surface area (TPSA) is 37.3 Å². The van der Waals surface area contributed by atoms with Crippen molar-refractivity contribution in [3.05, 3.63) is 62.3 Å². The van der Waals surface area contributed by atoms with Crippen LogP contribution in [0.25, 0.3) is 22.3 Å². The first-order valence-corrected chi connectivity index (χ1v) is 7.49. The molecule has 0 fully saturated rings. The minimum atomic E-state index is 0.0531. The Hall–Kier alpha value is -2.35. The van der Waals surface area contributed by atoms with Crippen LogP contribution in [-0.2, 0) is 0 Å². The molecule has 0 atom stereocenters. The lowest BCUT2D eigenvalue weighted by atomic mass is 9.96. The maximum Gasteiger partial charge on any atom is 0.195 e. The number of rotatable bonds is 2. The van der Waals surface area contributed by atoms with E-state index in [2.05, 4.69) is 19.1 Å². The molecule has 0 spiro atoms. The Kier molecular flexibility index (Phi) is 3.21. The third-order valence-electron chi connectivity index (χ3n) is 4.28. The quantitative estimate of drug-likeness (QED) is 0.755. The predicted octanol–water partition coefficient (Wildman–Crippen LogP) is 4.50. The van der Waals surface area contributed by atoms with Crippen LogP contribution in [0.2, 0.25) is 0 Å². The first-order valence-electron chi connectivity index (χ1n) is 7.49. The monoisotopic (exact) mass is 292 g/mol. The van der Waals surface area contributed by atoms with Crippen LogP contribution < -0.4 is 5.43 Å². The zero-order chi connectivity index (χ0) is 16.2. The first-order chi connectivity index (χ1) is 10.3. The zero-order valence-electron chi connectivity index (χ0n) is 13.7. The van der Waals surface area contributed by atoms with Gasteiger partial charge in [-0.15, -0.1) is 0 Å². The second-order valence-corrected chi connectivity index (χ2v) is 6.33. The number of phenolic OH excluding ortho intramolecular Hbond substituents is 1. The van der Waals surface area contributed by atoms with E-state index in [-0.39, 0.29) is 11.2 Å². The van der Waals surface area contributed by atoms with E-state index < -0.39 is 0 Å². The van der Waals surface area contributed by atoms with Crippen molar-refractivity contribution < 1.29 is 5.11 Å². The van der Waals surface area contributed by atoms with Gasteiger partial charge in [0.1, 0.15) is 5.75 Å². The van der Waals surface area contributed by atoms with Crippen molar-refractivity contribution in [2.24, 2.45) is 0 Å². The fourth-order valence-corrected chi connectivity index (χ4v) is 3.49. The van der Waals surface area contributed by atoms with Crippen molar-refractivity contribution in [3.63, 3.8) is 0 Å². The molecule has 22 heavy (non-hydrogen) atoms. The Morgan fingerprint density at radius 1 is 0.636 bits per heavy atom. The van der Waals surface area contributed by atoms with E-state index in [4.69, 9.17) is 0 Å². The molecule has 0 aliphatic rings. The number of hydrogen-bond acceptors (Lipinski definition) is 2. The van der Waals surface area contributed by atoms with E-state index >= 15 is 0 Å². The van der Waals surface area contributed by atoms with Gasteiger partial charge in [0, 0.05) is 16.7 Å². The van der Waals surface area contributed by atoms with E-state index in [1.807, 2.05) is 33.8 Å². The van der Waals surface area contributed by atoms with E-state index in [1.54, 1.807) is 6.07 Å². The van der Waals surface area contributed by atoms with Gasteiger partial charge in [0.25, 0.3) is 0 Å². The van der Waals surface area contributed by atoms with E-state index in [0.29, 0.717) is 11.1 Å². The van der Waals surface area contributed by atoms with Gasteiger partial charge in [0.05, 0.1) is 0 Å². The fourth-order valence-electron chi connectivity index (χ4n) is 3.49. The minimum absolute atomic E-state index is 0.0531. The molecule has 0 saturated heterocycles. The molecule has 0 saturated carbocycles.